The Bertz CT molecular complexity index is 906. The zero-order valence-electron chi connectivity index (χ0n) is 15.2. The van der Waals surface area contributed by atoms with Crippen molar-refractivity contribution in [2.75, 3.05) is 5.32 Å². The molecule has 0 spiro atoms. The van der Waals surface area contributed by atoms with E-state index in [0.29, 0.717) is 5.69 Å². The molecular formula is C19H22N4O2S. The van der Waals surface area contributed by atoms with Gasteiger partial charge in [0.2, 0.25) is 11.8 Å². The average Bonchev–Trinajstić information content (AvgIpc) is 3.16. The third-order valence-corrected chi connectivity index (χ3v) is 4.73. The molecule has 0 radical (unpaired) electrons. The maximum atomic E-state index is 12.3. The lowest BCUT2D eigenvalue weighted by Crippen LogP contribution is -2.46. The predicted octanol–water partition coefficient (Wildman–Crippen LogP) is 3.55. The number of rotatable bonds is 4. The molecule has 1 atom stereocenters. The second-order valence-electron chi connectivity index (χ2n) is 7.23. The molecule has 1 aromatic carbocycles. The van der Waals surface area contributed by atoms with Crippen molar-refractivity contribution < 1.29 is 9.59 Å². The van der Waals surface area contributed by atoms with Gasteiger partial charge in [0.05, 0.1) is 5.69 Å². The number of carbonyl (C=O) groups is 2. The summed E-state index contributed by atoms with van der Waals surface area (Å²) in [7, 11) is 0. The Balaban J connectivity index is 1.64. The van der Waals surface area contributed by atoms with E-state index in [-0.39, 0.29) is 11.8 Å². The van der Waals surface area contributed by atoms with Crippen molar-refractivity contribution in [3.8, 4) is 11.3 Å². The number of benzene rings is 1. The first-order chi connectivity index (χ1) is 12.2. The fourth-order valence-corrected chi connectivity index (χ4v) is 3.02. The smallest absolute Gasteiger partial charge is 0.246 e. The van der Waals surface area contributed by atoms with Crippen LogP contribution < -0.4 is 10.6 Å². The summed E-state index contributed by atoms with van der Waals surface area (Å²) in [6.45, 7) is 7.11. The highest BCUT2D eigenvalue weighted by Gasteiger charge is 2.25. The van der Waals surface area contributed by atoms with Crippen LogP contribution in [0.1, 0.15) is 27.7 Å². The molecule has 2 amide bonds. The van der Waals surface area contributed by atoms with Crippen LogP contribution in [0.15, 0.2) is 42.0 Å². The van der Waals surface area contributed by atoms with Gasteiger partial charge in [-0.3, -0.25) is 14.0 Å². The van der Waals surface area contributed by atoms with E-state index in [2.05, 4.69) is 15.6 Å². The Hall–Kier alpha value is -2.67. The molecule has 2 N–H and O–H groups in total. The van der Waals surface area contributed by atoms with Crippen molar-refractivity contribution >= 4 is 33.8 Å². The third kappa shape index (κ3) is 3.94. The van der Waals surface area contributed by atoms with Gasteiger partial charge in [0.15, 0.2) is 4.96 Å². The number of hydrogen-bond acceptors (Lipinski definition) is 4. The Labute approximate surface area is 156 Å². The van der Waals surface area contributed by atoms with Crippen molar-refractivity contribution in [2.24, 2.45) is 5.41 Å². The van der Waals surface area contributed by atoms with E-state index in [1.807, 2.05) is 67.2 Å². The Morgan fingerprint density at radius 1 is 1.19 bits per heavy atom. The minimum absolute atomic E-state index is 0.157. The van der Waals surface area contributed by atoms with Crippen LogP contribution in [0.3, 0.4) is 0 Å². The van der Waals surface area contributed by atoms with Gasteiger partial charge in [-0.05, 0) is 19.1 Å². The first-order valence-corrected chi connectivity index (χ1v) is 9.26. The molecule has 0 saturated carbocycles. The fourth-order valence-electron chi connectivity index (χ4n) is 2.32. The van der Waals surface area contributed by atoms with E-state index in [1.54, 1.807) is 18.3 Å². The second-order valence-corrected chi connectivity index (χ2v) is 8.10. The molecule has 0 aliphatic rings. The standard InChI is InChI=1S/C19H22N4O2S/c1-12(20-17(25)19(2,3)4)16(24)21-14-7-5-13(6-8-14)15-11-23-9-10-26-18(23)22-15/h5-12H,1-4H3,(H,20,25)(H,21,24). The number of amides is 2. The number of aromatic nitrogens is 2. The molecule has 0 saturated heterocycles. The quantitative estimate of drug-likeness (QED) is 0.737. The predicted molar refractivity (Wildman–Crippen MR) is 104 cm³/mol. The lowest BCUT2D eigenvalue weighted by Gasteiger charge is -2.21. The number of fused-ring (bicyclic) bond motifs is 1. The summed E-state index contributed by atoms with van der Waals surface area (Å²) in [6, 6.07) is 6.89. The Morgan fingerprint density at radius 2 is 1.88 bits per heavy atom. The largest absolute Gasteiger partial charge is 0.344 e. The van der Waals surface area contributed by atoms with E-state index >= 15 is 0 Å². The molecule has 136 valence electrons. The van der Waals surface area contributed by atoms with E-state index in [0.717, 1.165) is 16.2 Å². The molecule has 2 aromatic heterocycles. The molecule has 7 heteroatoms. The zero-order valence-corrected chi connectivity index (χ0v) is 16.1. The van der Waals surface area contributed by atoms with E-state index in [4.69, 9.17) is 0 Å². The Kier molecular flexibility index (Phi) is 4.82. The van der Waals surface area contributed by atoms with E-state index in [9.17, 15) is 9.59 Å². The summed E-state index contributed by atoms with van der Waals surface area (Å²) in [4.78, 5) is 29.8. The molecule has 0 aliphatic carbocycles. The van der Waals surface area contributed by atoms with Gasteiger partial charge in [0.25, 0.3) is 0 Å². The van der Waals surface area contributed by atoms with Crippen molar-refractivity contribution in [1.29, 1.82) is 0 Å². The van der Waals surface area contributed by atoms with Crippen molar-refractivity contribution in [1.82, 2.24) is 14.7 Å². The van der Waals surface area contributed by atoms with Crippen LogP contribution in [-0.2, 0) is 9.59 Å². The number of carbonyl (C=O) groups excluding carboxylic acids is 2. The molecule has 3 rings (SSSR count). The highest BCUT2D eigenvalue weighted by atomic mass is 32.1. The third-order valence-electron chi connectivity index (χ3n) is 3.96. The summed E-state index contributed by atoms with van der Waals surface area (Å²) in [5, 5.41) is 7.54. The molecule has 1 unspecified atom stereocenters. The molecular weight excluding hydrogens is 348 g/mol. The van der Waals surface area contributed by atoms with Crippen molar-refractivity contribution in [2.45, 2.75) is 33.7 Å². The maximum absolute atomic E-state index is 12.3. The topological polar surface area (TPSA) is 75.5 Å². The minimum Gasteiger partial charge on any atom is -0.344 e. The lowest BCUT2D eigenvalue weighted by molar-refractivity contribution is -0.131. The first-order valence-electron chi connectivity index (χ1n) is 8.38. The molecule has 0 bridgehead atoms. The van der Waals surface area contributed by atoms with Crippen LogP contribution in [0.5, 0.6) is 0 Å². The summed E-state index contributed by atoms with van der Waals surface area (Å²) < 4.78 is 1.98. The number of anilines is 1. The van der Waals surface area contributed by atoms with Crippen molar-refractivity contribution in [3.63, 3.8) is 0 Å². The SMILES string of the molecule is CC(NC(=O)C(C)(C)C)C(=O)Nc1ccc(-c2cn3ccsc3n2)cc1. The van der Waals surface area contributed by atoms with Gasteiger partial charge < -0.3 is 10.6 Å². The van der Waals surface area contributed by atoms with Gasteiger partial charge in [0.1, 0.15) is 6.04 Å². The van der Waals surface area contributed by atoms with Crippen LogP contribution in [0.4, 0.5) is 5.69 Å². The maximum Gasteiger partial charge on any atom is 0.246 e. The van der Waals surface area contributed by atoms with Crippen LogP contribution >= 0.6 is 11.3 Å². The number of nitrogens with one attached hydrogen (secondary N) is 2. The van der Waals surface area contributed by atoms with Gasteiger partial charge in [-0.2, -0.15) is 0 Å². The number of imidazole rings is 1. The lowest BCUT2D eigenvalue weighted by atomic mass is 9.95. The van der Waals surface area contributed by atoms with Crippen LogP contribution in [0.25, 0.3) is 16.2 Å². The highest BCUT2D eigenvalue weighted by molar-refractivity contribution is 7.15. The summed E-state index contributed by atoms with van der Waals surface area (Å²) in [5.74, 6) is -0.409. The van der Waals surface area contributed by atoms with Crippen molar-refractivity contribution in [3.05, 3.63) is 42.0 Å². The molecule has 2 heterocycles. The molecule has 0 aliphatic heterocycles. The van der Waals surface area contributed by atoms with E-state index in [1.165, 1.54) is 0 Å². The highest BCUT2D eigenvalue weighted by Crippen LogP contribution is 2.23. The van der Waals surface area contributed by atoms with Gasteiger partial charge in [-0.15, -0.1) is 11.3 Å². The number of nitrogens with zero attached hydrogens (tertiary/aromatic N) is 2. The van der Waals surface area contributed by atoms with Crippen LogP contribution in [-0.4, -0.2) is 27.2 Å². The monoisotopic (exact) mass is 370 g/mol. The minimum atomic E-state index is -0.610. The van der Waals surface area contributed by atoms with Gasteiger partial charge in [0, 0.05) is 34.4 Å². The number of hydrogen-bond donors (Lipinski definition) is 2. The fraction of sp³-hybridized carbons (Fsp3) is 0.316. The molecule has 3 aromatic rings. The summed E-state index contributed by atoms with van der Waals surface area (Å²) in [6.07, 6.45) is 3.95. The number of thiazole rings is 1. The first kappa shape index (κ1) is 18.1. The van der Waals surface area contributed by atoms with Crippen LogP contribution in [0, 0.1) is 5.41 Å². The average molecular weight is 370 g/mol. The summed E-state index contributed by atoms with van der Waals surface area (Å²) in [5.41, 5.74) is 2.01. The molecule has 26 heavy (non-hydrogen) atoms. The molecule has 6 nitrogen and oxygen atoms in total. The second kappa shape index (κ2) is 6.92. The Morgan fingerprint density at radius 3 is 2.50 bits per heavy atom. The van der Waals surface area contributed by atoms with Gasteiger partial charge >= 0.3 is 0 Å². The van der Waals surface area contributed by atoms with Gasteiger partial charge in [-0.25, -0.2) is 4.98 Å². The normalized spacial score (nSPS) is 12.8. The molecule has 0 fully saturated rings. The van der Waals surface area contributed by atoms with E-state index < -0.39 is 11.5 Å². The summed E-state index contributed by atoms with van der Waals surface area (Å²) >= 11 is 1.58. The zero-order chi connectivity index (χ0) is 18.9. The van der Waals surface area contributed by atoms with Crippen LogP contribution in [0.2, 0.25) is 0 Å². The van der Waals surface area contributed by atoms with Gasteiger partial charge in [-0.1, -0.05) is 32.9 Å².